The zero-order valence-electron chi connectivity index (χ0n) is 10.2. The number of hydrogen-bond donors (Lipinski definition) is 1. The molecule has 4 nitrogen and oxygen atoms in total. The fourth-order valence-electron chi connectivity index (χ4n) is 2.29. The minimum absolute atomic E-state index is 0.192. The van der Waals surface area contributed by atoms with Crippen LogP contribution in [0.1, 0.15) is 26.7 Å². The topological polar surface area (TPSA) is 53.4 Å². The van der Waals surface area contributed by atoms with Crippen LogP contribution in [-0.4, -0.2) is 29.1 Å². The van der Waals surface area contributed by atoms with Crippen LogP contribution in [-0.2, 0) is 4.79 Å². The molecule has 94 valence electrons. The summed E-state index contributed by atoms with van der Waals surface area (Å²) in [7, 11) is 0. The Balaban J connectivity index is 2.10. The zero-order chi connectivity index (χ0) is 12.5. The molecule has 1 aromatic heterocycles. The molecule has 0 aromatic carbocycles. The minimum atomic E-state index is -0.705. The molecular formula is C12H18N2O2S. The maximum atomic E-state index is 11.3. The number of carbonyl (C=O) groups is 1. The quantitative estimate of drug-likeness (QED) is 0.900. The van der Waals surface area contributed by atoms with Gasteiger partial charge in [0, 0.05) is 24.7 Å². The molecule has 1 unspecified atom stereocenters. The Labute approximate surface area is 105 Å². The lowest BCUT2D eigenvalue weighted by Gasteiger charge is -2.39. The van der Waals surface area contributed by atoms with E-state index in [1.807, 2.05) is 19.2 Å². The van der Waals surface area contributed by atoms with Crippen molar-refractivity contribution in [3.63, 3.8) is 0 Å². The summed E-state index contributed by atoms with van der Waals surface area (Å²) in [6.07, 6.45) is 3.83. The minimum Gasteiger partial charge on any atom is -0.481 e. The fourth-order valence-corrected chi connectivity index (χ4v) is 2.97. The Kier molecular flexibility index (Phi) is 3.38. The van der Waals surface area contributed by atoms with Crippen LogP contribution >= 0.6 is 11.3 Å². The summed E-state index contributed by atoms with van der Waals surface area (Å²) in [4.78, 5) is 17.8. The van der Waals surface area contributed by atoms with E-state index in [0.717, 1.165) is 31.1 Å². The number of anilines is 1. The summed E-state index contributed by atoms with van der Waals surface area (Å²) in [6, 6.07) is 0. The van der Waals surface area contributed by atoms with Gasteiger partial charge in [0.15, 0.2) is 5.13 Å². The monoisotopic (exact) mass is 254 g/mol. The maximum Gasteiger partial charge on any atom is 0.309 e. The van der Waals surface area contributed by atoms with Crippen molar-refractivity contribution < 1.29 is 9.90 Å². The molecule has 1 aliphatic rings. The SMILES string of the molecule is CC(C)(C(=O)O)C1CCCN(c2nccs2)C1. The second kappa shape index (κ2) is 4.64. The van der Waals surface area contributed by atoms with Crippen LogP contribution in [0.3, 0.4) is 0 Å². The molecule has 1 N–H and O–H groups in total. The molecule has 2 heterocycles. The molecule has 1 fully saturated rings. The van der Waals surface area contributed by atoms with E-state index < -0.39 is 11.4 Å². The molecule has 2 rings (SSSR count). The van der Waals surface area contributed by atoms with Gasteiger partial charge in [-0.05, 0) is 32.6 Å². The third-order valence-corrected chi connectivity index (χ3v) is 4.52. The highest BCUT2D eigenvalue weighted by molar-refractivity contribution is 7.13. The molecule has 1 saturated heterocycles. The lowest BCUT2D eigenvalue weighted by Crippen LogP contribution is -2.44. The maximum absolute atomic E-state index is 11.3. The number of rotatable bonds is 3. The number of piperidine rings is 1. The molecule has 0 radical (unpaired) electrons. The number of nitrogens with zero attached hydrogens (tertiary/aromatic N) is 2. The second-order valence-corrected chi connectivity index (χ2v) is 6.00. The largest absolute Gasteiger partial charge is 0.481 e. The van der Waals surface area contributed by atoms with Crippen LogP contribution in [0.4, 0.5) is 5.13 Å². The van der Waals surface area contributed by atoms with Gasteiger partial charge in [0.05, 0.1) is 5.41 Å². The molecular weight excluding hydrogens is 236 g/mol. The van der Waals surface area contributed by atoms with Crippen LogP contribution in [0.25, 0.3) is 0 Å². The van der Waals surface area contributed by atoms with Crippen molar-refractivity contribution in [3.05, 3.63) is 11.6 Å². The van der Waals surface area contributed by atoms with Crippen molar-refractivity contribution in [1.82, 2.24) is 4.98 Å². The van der Waals surface area contributed by atoms with Gasteiger partial charge >= 0.3 is 5.97 Å². The van der Waals surface area contributed by atoms with Crippen LogP contribution in [0.15, 0.2) is 11.6 Å². The number of hydrogen-bond acceptors (Lipinski definition) is 4. The lowest BCUT2D eigenvalue weighted by atomic mass is 9.75. The van der Waals surface area contributed by atoms with E-state index in [9.17, 15) is 9.90 Å². The van der Waals surface area contributed by atoms with Crippen LogP contribution < -0.4 is 4.90 Å². The standard InChI is InChI=1S/C12H18N2O2S/c1-12(2,10(15)16)9-4-3-6-14(8-9)11-13-5-7-17-11/h5,7,9H,3-4,6,8H2,1-2H3,(H,15,16). The Morgan fingerprint density at radius 3 is 3.00 bits per heavy atom. The van der Waals surface area contributed by atoms with Gasteiger partial charge in [-0.15, -0.1) is 11.3 Å². The van der Waals surface area contributed by atoms with Gasteiger partial charge < -0.3 is 10.0 Å². The zero-order valence-corrected chi connectivity index (χ0v) is 11.0. The molecule has 0 aliphatic carbocycles. The van der Waals surface area contributed by atoms with Crippen LogP contribution in [0, 0.1) is 11.3 Å². The highest BCUT2D eigenvalue weighted by Gasteiger charge is 2.39. The normalized spacial score (nSPS) is 21.5. The number of aliphatic carboxylic acids is 1. The van der Waals surface area contributed by atoms with E-state index in [0.29, 0.717) is 0 Å². The Morgan fingerprint density at radius 1 is 1.65 bits per heavy atom. The Hall–Kier alpha value is -1.10. The summed E-state index contributed by atoms with van der Waals surface area (Å²) in [5.74, 6) is -0.513. The van der Waals surface area contributed by atoms with Crippen molar-refractivity contribution in [2.24, 2.45) is 11.3 Å². The van der Waals surface area contributed by atoms with E-state index in [1.54, 1.807) is 17.5 Å². The number of carboxylic acids is 1. The van der Waals surface area contributed by atoms with E-state index in [2.05, 4.69) is 9.88 Å². The first-order valence-corrected chi connectivity index (χ1v) is 6.77. The average Bonchev–Trinajstić information content (AvgIpc) is 2.82. The first-order chi connectivity index (χ1) is 8.01. The molecule has 0 spiro atoms. The molecule has 1 atom stereocenters. The first-order valence-electron chi connectivity index (χ1n) is 5.89. The predicted molar refractivity (Wildman–Crippen MR) is 68.5 cm³/mol. The Bertz CT molecular complexity index is 389. The number of aromatic nitrogens is 1. The molecule has 0 saturated carbocycles. The molecule has 1 aromatic rings. The molecule has 0 bridgehead atoms. The summed E-state index contributed by atoms with van der Waals surface area (Å²) < 4.78 is 0. The van der Waals surface area contributed by atoms with Crippen LogP contribution in [0.5, 0.6) is 0 Å². The number of carboxylic acid groups (broad SMARTS) is 1. The smallest absolute Gasteiger partial charge is 0.309 e. The predicted octanol–water partition coefficient (Wildman–Crippen LogP) is 2.47. The highest BCUT2D eigenvalue weighted by Crippen LogP contribution is 2.36. The summed E-state index contributed by atoms with van der Waals surface area (Å²) in [5, 5.41) is 12.2. The van der Waals surface area contributed by atoms with Gasteiger partial charge in [-0.25, -0.2) is 4.98 Å². The van der Waals surface area contributed by atoms with Gasteiger partial charge in [0.25, 0.3) is 0 Å². The van der Waals surface area contributed by atoms with E-state index in [1.165, 1.54) is 0 Å². The molecule has 0 amide bonds. The van der Waals surface area contributed by atoms with Crippen molar-refractivity contribution in [2.75, 3.05) is 18.0 Å². The average molecular weight is 254 g/mol. The number of thiazole rings is 1. The molecule has 17 heavy (non-hydrogen) atoms. The van der Waals surface area contributed by atoms with Crippen LogP contribution in [0.2, 0.25) is 0 Å². The highest BCUT2D eigenvalue weighted by atomic mass is 32.1. The van der Waals surface area contributed by atoms with Crippen molar-refractivity contribution >= 4 is 22.4 Å². The van der Waals surface area contributed by atoms with E-state index >= 15 is 0 Å². The van der Waals surface area contributed by atoms with E-state index in [4.69, 9.17) is 0 Å². The fraction of sp³-hybridized carbons (Fsp3) is 0.667. The lowest BCUT2D eigenvalue weighted by molar-refractivity contribution is -0.150. The summed E-state index contributed by atoms with van der Waals surface area (Å²) >= 11 is 1.62. The van der Waals surface area contributed by atoms with Crippen molar-refractivity contribution in [1.29, 1.82) is 0 Å². The third kappa shape index (κ3) is 2.44. The summed E-state index contributed by atoms with van der Waals surface area (Å²) in [5.41, 5.74) is -0.657. The van der Waals surface area contributed by atoms with Crippen molar-refractivity contribution in [3.8, 4) is 0 Å². The van der Waals surface area contributed by atoms with Gasteiger partial charge in [-0.3, -0.25) is 4.79 Å². The Morgan fingerprint density at radius 2 is 2.41 bits per heavy atom. The van der Waals surface area contributed by atoms with E-state index in [-0.39, 0.29) is 5.92 Å². The molecule has 5 heteroatoms. The second-order valence-electron chi connectivity index (χ2n) is 5.13. The van der Waals surface area contributed by atoms with Gasteiger partial charge in [0.2, 0.25) is 0 Å². The van der Waals surface area contributed by atoms with Gasteiger partial charge in [-0.1, -0.05) is 0 Å². The third-order valence-electron chi connectivity index (χ3n) is 3.68. The summed E-state index contributed by atoms with van der Waals surface area (Å²) in [6.45, 7) is 5.43. The van der Waals surface area contributed by atoms with Gasteiger partial charge in [-0.2, -0.15) is 0 Å². The first kappa shape index (κ1) is 12.4. The van der Waals surface area contributed by atoms with Crippen molar-refractivity contribution in [2.45, 2.75) is 26.7 Å². The van der Waals surface area contributed by atoms with Gasteiger partial charge in [0.1, 0.15) is 0 Å². The molecule has 1 aliphatic heterocycles.